The van der Waals surface area contributed by atoms with Crippen LogP contribution in [0.1, 0.15) is 52.7 Å². The van der Waals surface area contributed by atoms with E-state index in [2.05, 4.69) is 63.2 Å². The Bertz CT molecular complexity index is 536. The fraction of sp³-hybridized carbons (Fsp3) is 0.533. The zero-order chi connectivity index (χ0) is 12.8. The van der Waals surface area contributed by atoms with Gasteiger partial charge < -0.3 is 4.40 Å². The topological polar surface area (TPSA) is 17.3 Å². The van der Waals surface area contributed by atoms with Gasteiger partial charge in [0.15, 0.2) is 0 Å². The first kappa shape index (κ1) is 12.2. The van der Waals surface area contributed by atoms with Crippen LogP contribution in [-0.2, 0) is 10.8 Å². The molecule has 0 amide bonds. The summed E-state index contributed by atoms with van der Waals surface area (Å²) in [5.41, 5.74) is 4.24. The molecule has 0 spiro atoms. The van der Waals surface area contributed by atoms with Gasteiger partial charge in [-0.25, -0.2) is 4.98 Å². The Morgan fingerprint density at radius 2 is 1.65 bits per heavy atom. The fourth-order valence-electron chi connectivity index (χ4n) is 2.04. The Morgan fingerprint density at radius 1 is 1.00 bits per heavy atom. The average Bonchev–Trinajstić information content (AvgIpc) is 2.59. The van der Waals surface area contributed by atoms with Gasteiger partial charge in [0.1, 0.15) is 0 Å². The highest BCUT2D eigenvalue weighted by Crippen LogP contribution is 2.31. The van der Waals surface area contributed by atoms with Crippen LogP contribution in [0.15, 0.2) is 24.8 Å². The molecule has 0 aliphatic carbocycles. The molecule has 2 nitrogen and oxygen atoms in total. The molecule has 92 valence electrons. The summed E-state index contributed by atoms with van der Waals surface area (Å²) < 4.78 is 2.14. The molecule has 2 heteroatoms. The van der Waals surface area contributed by atoms with Crippen molar-refractivity contribution >= 4 is 5.52 Å². The number of rotatable bonds is 0. The third kappa shape index (κ3) is 2.21. The predicted octanol–water partition coefficient (Wildman–Crippen LogP) is 3.93. The summed E-state index contributed by atoms with van der Waals surface area (Å²) in [7, 11) is 0. The minimum Gasteiger partial charge on any atom is -0.306 e. The second-order valence-corrected chi connectivity index (χ2v) is 6.83. The number of nitrogens with zero attached hydrogens (tertiary/aromatic N) is 2. The van der Waals surface area contributed by atoms with E-state index in [0.29, 0.717) is 0 Å². The second-order valence-electron chi connectivity index (χ2n) is 6.83. The summed E-state index contributed by atoms with van der Waals surface area (Å²) >= 11 is 0. The maximum Gasteiger partial charge on any atom is 0.0992 e. The first-order valence-electron chi connectivity index (χ1n) is 6.16. The van der Waals surface area contributed by atoms with Gasteiger partial charge >= 0.3 is 0 Å². The maximum absolute atomic E-state index is 4.26. The lowest BCUT2D eigenvalue weighted by Crippen LogP contribution is -2.18. The van der Waals surface area contributed by atoms with Gasteiger partial charge in [-0.15, -0.1) is 0 Å². The van der Waals surface area contributed by atoms with E-state index >= 15 is 0 Å². The molecule has 0 unspecified atom stereocenters. The van der Waals surface area contributed by atoms with Crippen LogP contribution in [0.5, 0.6) is 0 Å². The summed E-state index contributed by atoms with van der Waals surface area (Å²) in [6.45, 7) is 13.5. The molecule has 0 atom stereocenters. The highest BCUT2D eigenvalue weighted by Gasteiger charge is 2.22. The van der Waals surface area contributed by atoms with Gasteiger partial charge in [-0.05, 0) is 22.0 Å². The number of pyridine rings is 1. The Morgan fingerprint density at radius 3 is 2.18 bits per heavy atom. The number of hydrogen-bond donors (Lipinski definition) is 0. The molecule has 2 aromatic heterocycles. The molecule has 2 aromatic rings. The Hall–Kier alpha value is -1.31. The van der Waals surface area contributed by atoms with Gasteiger partial charge in [-0.2, -0.15) is 0 Å². The summed E-state index contributed by atoms with van der Waals surface area (Å²) in [5, 5.41) is 0. The molecule has 0 aliphatic heterocycles. The molecule has 2 rings (SSSR count). The molecule has 0 saturated heterocycles. The van der Waals surface area contributed by atoms with Gasteiger partial charge in [0.2, 0.25) is 0 Å². The summed E-state index contributed by atoms with van der Waals surface area (Å²) in [6, 6.07) is 2.33. The molecule has 0 fully saturated rings. The van der Waals surface area contributed by atoms with E-state index in [-0.39, 0.29) is 10.8 Å². The molecule has 0 aliphatic rings. The van der Waals surface area contributed by atoms with E-state index < -0.39 is 0 Å². The van der Waals surface area contributed by atoms with E-state index in [1.807, 2.05) is 12.5 Å². The molecule has 2 heterocycles. The van der Waals surface area contributed by atoms with Gasteiger partial charge in [0.05, 0.1) is 18.0 Å². The number of imidazole rings is 1. The Labute approximate surface area is 104 Å². The smallest absolute Gasteiger partial charge is 0.0992 e. The minimum atomic E-state index is 0.141. The van der Waals surface area contributed by atoms with Gasteiger partial charge in [-0.3, -0.25) is 0 Å². The van der Waals surface area contributed by atoms with Crippen LogP contribution >= 0.6 is 0 Å². The average molecular weight is 230 g/mol. The van der Waals surface area contributed by atoms with Crippen LogP contribution in [0.4, 0.5) is 0 Å². The number of hydrogen-bond acceptors (Lipinski definition) is 1. The second kappa shape index (κ2) is 3.59. The zero-order valence-corrected chi connectivity index (χ0v) is 11.7. The monoisotopic (exact) mass is 230 g/mol. The quantitative estimate of drug-likeness (QED) is 0.670. The first-order chi connectivity index (χ1) is 7.69. The summed E-state index contributed by atoms with van der Waals surface area (Å²) in [4.78, 5) is 4.26. The molecule has 17 heavy (non-hydrogen) atoms. The summed E-state index contributed by atoms with van der Waals surface area (Å²) in [6.07, 6.45) is 6.03. The molecule has 0 aromatic carbocycles. The van der Waals surface area contributed by atoms with E-state index in [1.165, 1.54) is 16.6 Å². The van der Waals surface area contributed by atoms with E-state index in [0.717, 1.165) is 0 Å². The van der Waals surface area contributed by atoms with Crippen molar-refractivity contribution in [3.8, 4) is 0 Å². The molecular weight excluding hydrogens is 208 g/mol. The number of aromatic nitrogens is 2. The lowest BCUT2D eigenvalue weighted by atomic mass is 9.81. The van der Waals surface area contributed by atoms with Crippen molar-refractivity contribution in [3.63, 3.8) is 0 Å². The molecular formula is C15H22N2. The van der Waals surface area contributed by atoms with Crippen molar-refractivity contribution in [1.29, 1.82) is 0 Å². The zero-order valence-electron chi connectivity index (χ0n) is 11.7. The Kier molecular flexibility index (Phi) is 2.57. The van der Waals surface area contributed by atoms with Crippen molar-refractivity contribution < 1.29 is 0 Å². The predicted molar refractivity (Wildman–Crippen MR) is 72.6 cm³/mol. The lowest BCUT2D eigenvalue weighted by molar-refractivity contribution is 0.566. The van der Waals surface area contributed by atoms with Crippen molar-refractivity contribution in [2.45, 2.75) is 52.4 Å². The van der Waals surface area contributed by atoms with Crippen LogP contribution in [0, 0.1) is 0 Å². The minimum absolute atomic E-state index is 0.141. The van der Waals surface area contributed by atoms with E-state index in [4.69, 9.17) is 0 Å². The van der Waals surface area contributed by atoms with Crippen LogP contribution < -0.4 is 0 Å². The lowest BCUT2D eigenvalue weighted by Gasteiger charge is -2.25. The SMILES string of the molecule is CC(C)(C)c1cc(C(C)(C)C)c2cncn2c1. The summed E-state index contributed by atoms with van der Waals surface area (Å²) in [5.74, 6) is 0. The molecule has 0 radical (unpaired) electrons. The van der Waals surface area contributed by atoms with E-state index in [1.54, 1.807) is 0 Å². The van der Waals surface area contributed by atoms with E-state index in [9.17, 15) is 0 Å². The van der Waals surface area contributed by atoms with Crippen LogP contribution in [0.2, 0.25) is 0 Å². The van der Waals surface area contributed by atoms with Crippen LogP contribution in [-0.4, -0.2) is 9.38 Å². The fourth-order valence-corrected chi connectivity index (χ4v) is 2.04. The third-order valence-electron chi connectivity index (χ3n) is 3.19. The maximum atomic E-state index is 4.26. The van der Waals surface area contributed by atoms with Gasteiger partial charge in [0, 0.05) is 6.20 Å². The number of fused-ring (bicyclic) bond motifs is 1. The standard InChI is InChI=1S/C15H22N2/c1-14(2,3)11-7-12(15(4,5)6)13-8-16-10-17(13)9-11/h7-10H,1-6H3. The van der Waals surface area contributed by atoms with Crippen molar-refractivity contribution in [1.82, 2.24) is 9.38 Å². The largest absolute Gasteiger partial charge is 0.306 e. The van der Waals surface area contributed by atoms with Crippen LogP contribution in [0.3, 0.4) is 0 Å². The van der Waals surface area contributed by atoms with Gasteiger partial charge in [0.25, 0.3) is 0 Å². The molecule has 0 saturated carbocycles. The first-order valence-corrected chi connectivity index (χ1v) is 6.16. The van der Waals surface area contributed by atoms with Crippen LogP contribution in [0.25, 0.3) is 5.52 Å². The highest BCUT2D eigenvalue weighted by atomic mass is 15.0. The molecule has 0 bridgehead atoms. The normalized spacial score (nSPS) is 13.3. The van der Waals surface area contributed by atoms with Gasteiger partial charge in [-0.1, -0.05) is 47.6 Å². The molecule has 0 N–H and O–H groups in total. The van der Waals surface area contributed by atoms with Crippen molar-refractivity contribution in [2.75, 3.05) is 0 Å². The third-order valence-corrected chi connectivity index (χ3v) is 3.19. The van der Waals surface area contributed by atoms with Crippen molar-refractivity contribution in [2.24, 2.45) is 0 Å². The van der Waals surface area contributed by atoms with Crippen molar-refractivity contribution in [3.05, 3.63) is 35.9 Å². The highest BCUT2D eigenvalue weighted by molar-refractivity contribution is 5.57. The Balaban J connectivity index is 2.76.